The first-order valence-corrected chi connectivity index (χ1v) is 8.86. The summed E-state index contributed by atoms with van der Waals surface area (Å²) in [5.74, 6) is -0.363. The summed E-state index contributed by atoms with van der Waals surface area (Å²) in [6.45, 7) is 7.16. The van der Waals surface area contributed by atoms with Gasteiger partial charge in [-0.1, -0.05) is 0 Å². The van der Waals surface area contributed by atoms with Crippen molar-refractivity contribution in [3.63, 3.8) is 0 Å². The lowest BCUT2D eigenvalue weighted by molar-refractivity contribution is -0.137. The van der Waals surface area contributed by atoms with Crippen molar-refractivity contribution in [1.29, 1.82) is 5.41 Å². The van der Waals surface area contributed by atoms with Gasteiger partial charge in [0, 0.05) is 42.5 Å². The van der Waals surface area contributed by atoms with Crippen LogP contribution in [0, 0.1) is 11.3 Å². The number of hydrogen-bond acceptors (Lipinski definition) is 6. The van der Waals surface area contributed by atoms with E-state index in [9.17, 15) is 13.2 Å². The maximum absolute atomic E-state index is 13.0. The highest BCUT2D eigenvalue weighted by Crippen LogP contribution is 2.33. The number of pyridine rings is 1. The van der Waals surface area contributed by atoms with Crippen LogP contribution in [0.5, 0.6) is 0 Å². The Morgan fingerprint density at radius 1 is 1.41 bits per heavy atom. The molecule has 3 heterocycles. The highest BCUT2D eigenvalue weighted by atomic mass is 19.4. The molecule has 0 spiro atoms. The van der Waals surface area contributed by atoms with Crippen LogP contribution in [0.2, 0.25) is 0 Å². The molecule has 3 rings (SSSR count). The first-order chi connectivity index (χ1) is 12.6. The van der Waals surface area contributed by atoms with Gasteiger partial charge in [-0.2, -0.15) is 13.2 Å². The summed E-state index contributed by atoms with van der Waals surface area (Å²) in [6.07, 6.45) is -1.79. The molecule has 148 valence electrons. The Morgan fingerprint density at radius 3 is 2.59 bits per heavy atom. The predicted molar refractivity (Wildman–Crippen MR) is 96.5 cm³/mol. The maximum Gasteiger partial charge on any atom is 0.419 e. The van der Waals surface area contributed by atoms with Crippen molar-refractivity contribution in [3.8, 4) is 0 Å². The van der Waals surface area contributed by atoms with E-state index in [0.29, 0.717) is 6.04 Å². The van der Waals surface area contributed by atoms with Crippen molar-refractivity contribution in [3.05, 3.63) is 35.2 Å². The Hall–Kier alpha value is -2.13. The zero-order valence-corrected chi connectivity index (χ0v) is 15.3. The number of anilines is 1. The second-order valence-electron chi connectivity index (χ2n) is 7.31. The molecule has 2 aliphatic rings. The van der Waals surface area contributed by atoms with Crippen molar-refractivity contribution in [2.75, 3.05) is 32.0 Å². The van der Waals surface area contributed by atoms with Crippen LogP contribution in [-0.2, 0) is 10.9 Å². The third-order valence-corrected chi connectivity index (χ3v) is 4.78. The van der Waals surface area contributed by atoms with Crippen LogP contribution in [-0.4, -0.2) is 54.0 Å². The molecule has 0 atom stereocenters. The average molecular weight is 383 g/mol. The molecule has 0 aromatic carbocycles. The van der Waals surface area contributed by atoms with Crippen LogP contribution >= 0.6 is 0 Å². The molecule has 2 fully saturated rings. The molecule has 2 saturated heterocycles. The first-order valence-electron chi connectivity index (χ1n) is 8.86. The van der Waals surface area contributed by atoms with Gasteiger partial charge in [0.2, 0.25) is 0 Å². The number of nitrogens with two attached hydrogens (primary N) is 1. The molecular formula is C18H24F3N5O. The van der Waals surface area contributed by atoms with E-state index in [4.69, 9.17) is 15.9 Å². The number of ether oxygens (including phenoxy) is 1. The Labute approximate surface area is 156 Å². The number of alkyl halides is 3. The Morgan fingerprint density at radius 2 is 2.07 bits per heavy atom. The van der Waals surface area contributed by atoms with Gasteiger partial charge in [0.25, 0.3) is 0 Å². The van der Waals surface area contributed by atoms with Gasteiger partial charge in [-0.3, -0.25) is 4.90 Å². The molecule has 0 amide bonds. The van der Waals surface area contributed by atoms with E-state index in [2.05, 4.69) is 15.2 Å². The van der Waals surface area contributed by atoms with Gasteiger partial charge in [-0.05, 0) is 26.0 Å². The summed E-state index contributed by atoms with van der Waals surface area (Å²) in [5.41, 5.74) is 5.24. The molecule has 0 aliphatic carbocycles. The quantitative estimate of drug-likeness (QED) is 0.656. The first kappa shape index (κ1) is 19.6. The molecule has 0 saturated carbocycles. The molecule has 0 unspecified atom stereocenters. The van der Waals surface area contributed by atoms with E-state index in [-0.39, 0.29) is 23.2 Å². The van der Waals surface area contributed by atoms with Gasteiger partial charge in [0.05, 0.1) is 30.5 Å². The Bertz CT molecular complexity index is 737. The van der Waals surface area contributed by atoms with Gasteiger partial charge in [0.1, 0.15) is 5.82 Å². The molecule has 4 N–H and O–H groups in total. The molecule has 1 aromatic heterocycles. The Kier molecular flexibility index (Phi) is 5.43. The molecule has 9 heteroatoms. The van der Waals surface area contributed by atoms with E-state index < -0.39 is 17.6 Å². The van der Waals surface area contributed by atoms with Crippen LogP contribution < -0.4 is 11.1 Å². The average Bonchev–Trinajstić information content (AvgIpc) is 2.46. The summed E-state index contributed by atoms with van der Waals surface area (Å²) < 4.78 is 44.3. The lowest BCUT2D eigenvalue weighted by atomic mass is 9.91. The van der Waals surface area contributed by atoms with Crippen LogP contribution in [0.15, 0.2) is 24.0 Å². The van der Waals surface area contributed by atoms with Crippen LogP contribution in [0.1, 0.15) is 25.0 Å². The fraction of sp³-hybridized carbons (Fsp3) is 0.556. The summed E-state index contributed by atoms with van der Waals surface area (Å²) >= 11 is 0. The summed E-state index contributed by atoms with van der Waals surface area (Å²) in [7, 11) is 0. The van der Waals surface area contributed by atoms with E-state index in [1.54, 1.807) is 6.08 Å². The number of halogens is 3. The van der Waals surface area contributed by atoms with E-state index in [1.807, 2.05) is 13.8 Å². The van der Waals surface area contributed by atoms with E-state index in [0.717, 1.165) is 38.1 Å². The maximum atomic E-state index is 13.0. The number of nitrogens with zero attached hydrogens (tertiary/aromatic N) is 2. The van der Waals surface area contributed by atoms with Gasteiger partial charge >= 0.3 is 6.18 Å². The molecule has 0 radical (unpaired) electrons. The lowest BCUT2D eigenvalue weighted by Gasteiger charge is -2.48. The van der Waals surface area contributed by atoms with Crippen LogP contribution in [0.25, 0.3) is 0 Å². The third-order valence-electron chi connectivity index (χ3n) is 4.78. The number of hydrogen-bond donors (Lipinski definition) is 3. The van der Waals surface area contributed by atoms with Gasteiger partial charge in [-0.15, -0.1) is 0 Å². The molecule has 1 aromatic rings. The second kappa shape index (κ2) is 7.47. The van der Waals surface area contributed by atoms with Crippen molar-refractivity contribution in [2.45, 2.75) is 32.1 Å². The molecule has 2 aliphatic heterocycles. The zero-order valence-electron chi connectivity index (χ0n) is 15.3. The minimum atomic E-state index is -4.60. The van der Waals surface area contributed by atoms with Crippen molar-refractivity contribution in [2.24, 2.45) is 5.92 Å². The standard InChI is InChI=1S/C18H24F3N5O/c1-10(2)25-16(12-6-26(7-12)13-8-27-9-13)4-15(22)11-3-14(18(19,20)21)17(23)24-5-11/h3-5,10,12-13,22,25H,6-9H2,1-2H3,(H2,23,24)/b16-4-,22-15?. The molecular weight excluding hydrogens is 359 g/mol. The monoisotopic (exact) mass is 383 g/mol. The third kappa shape index (κ3) is 4.41. The molecule has 6 nitrogen and oxygen atoms in total. The number of nitrogen functional groups attached to an aromatic ring is 1. The second-order valence-corrected chi connectivity index (χ2v) is 7.31. The Balaban J connectivity index is 1.77. The highest BCUT2D eigenvalue weighted by Gasteiger charge is 2.38. The SMILES string of the molecule is CC(C)N/C(=C\C(=N)c1cnc(N)c(C(F)(F)F)c1)C1CN(C2COC2)C1. The van der Waals surface area contributed by atoms with Crippen molar-refractivity contribution in [1.82, 2.24) is 15.2 Å². The highest BCUT2D eigenvalue weighted by molar-refractivity contribution is 6.07. The van der Waals surface area contributed by atoms with Gasteiger partial charge < -0.3 is 21.2 Å². The van der Waals surface area contributed by atoms with Crippen LogP contribution in [0.4, 0.5) is 19.0 Å². The van der Waals surface area contributed by atoms with E-state index in [1.165, 1.54) is 6.20 Å². The number of rotatable bonds is 6. The number of likely N-dealkylation sites (tertiary alicyclic amines) is 1. The summed E-state index contributed by atoms with van der Waals surface area (Å²) in [6, 6.07) is 1.49. The van der Waals surface area contributed by atoms with Crippen molar-refractivity contribution >= 4 is 11.5 Å². The minimum Gasteiger partial charge on any atom is -0.386 e. The fourth-order valence-electron chi connectivity index (χ4n) is 3.14. The smallest absolute Gasteiger partial charge is 0.386 e. The predicted octanol–water partition coefficient (Wildman–Crippen LogP) is 2.26. The zero-order chi connectivity index (χ0) is 19.8. The minimum absolute atomic E-state index is 0.0263. The van der Waals surface area contributed by atoms with Gasteiger partial charge in [0.15, 0.2) is 0 Å². The topological polar surface area (TPSA) is 87.3 Å². The molecule has 0 bridgehead atoms. The summed E-state index contributed by atoms with van der Waals surface area (Å²) in [4.78, 5) is 5.93. The number of nitrogens with one attached hydrogen (secondary N) is 2. The number of allylic oxidation sites excluding steroid dienone is 1. The fourth-order valence-corrected chi connectivity index (χ4v) is 3.14. The lowest BCUT2D eigenvalue weighted by Crippen LogP contribution is -2.60. The van der Waals surface area contributed by atoms with Crippen molar-refractivity contribution < 1.29 is 17.9 Å². The molecule has 27 heavy (non-hydrogen) atoms. The van der Waals surface area contributed by atoms with E-state index >= 15 is 0 Å². The van der Waals surface area contributed by atoms with Gasteiger partial charge in [-0.25, -0.2) is 4.98 Å². The van der Waals surface area contributed by atoms with Crippen LogP contribution in [0.3, 0.4) is 0 Å². The number of aromatic nitrogens is 1. The summed E-state index contributed by atoms with van der Waals surface area (Å²) in [5, 5.41) is 11.6. The largest absolute Gasteiger partial charge is 0.419 e. The normalized spacial score (nSPS) is 19.7.